The average Bonchev–Trinajstić information content (AvgIpc) is 2.92. The highest BCUT2D eigenvalue weighted by atomic mass is 16.6. The Hall–Kier alpha value is -1.96. The van der Waals surface area contributed by atoms with Crippen LogP contribution in [0.15, 0.2) is 6.33 Å². The van der Waals surface area contributed by atoms with Gasteiger partial charge in [-0.1, -0.05) is 0 Å². The van der Waals surface area contributed by atoms with E-state index in [-0.39, 0.29) is 29.5 Å². The summed E-state index contributed by atoms with van der Waals surface area (Å²) in [4.78, 5) is 18.7. The molecule has 2 rings (SSSR count). The van der Waals surface area contributed by atoms with Gasteiger partial charge in [0.2, 0.25) is 11.6 Å². The molecule has 110 valence electrons. The molecule has 1 fully saturated rings. The number of rotatable bonds is 6. The van der Waals surface area contributed by atoms with E-state index < -0.39 is 4.92 Å². The zero-order valence-electron chi connectivity index (χ0n) is 11.6. The van der Waals surface area contributed by atoms with Crippen LogP contribution in [0.5, 0.6) is 0 Å². The maximum absolute atomic E-state index is 11.2. The molecule has 1 aliphatic rings. The first kappa shape index (κ1) is 14.4. The maximum Gasteiger partial charge on any atom is 0.353 e. The lowest BCUT2D eigenvalue weighted by molar-refractivity contribution is -0.383. The van der Waals surface area contributed by atoms with Gasteiger partial charge in [0, 0.05) is 13.2 Å². The van der Waals surface area contributed by atoms with Gasteiger partial charge >= 0.3 is 5.69 Å². The fourth-order valence-electron chi connectivity index (χ4n) is 2.26. The molecule has 1 aliphatic heterocycles. The van der Waals surface area contributed by atoms with Crippen LogP contribution in [0.3, 0.4) is 0 Å². The largest absolute Gasteiger partial charge is 0.376 e. The molecule has 0 amide bonds. The topological polar surface area (TPSA) is 102 Å². The molecule has 2 N–H and O–H groups in total. The minimum absolute atomic E-state index is 0.0411. The second-order valence-corrected chi connectivity index (χ2v) is 4.69. The van der Waals surface area contributed by atoms with Gasteiger partial charge in [-0.3, -0.25) is 10.1 Å². The Balaban J connectivity index is 2.21. The van der Waals surface area contributed by atoms with E-state index in [1.165, 1.54) is 6.33 Å². The predicted molar refractivity (Wildman–Crippen MR) is 74.9 cm³/mol. The third-order valence-corrected chi connectivity index (χ3v) is 3.24. The molecule has 2 unspecified atom stereocenters. The summed E-state index contributed by atoms with van der Waals surface area (Å²) >= 11 is 0. The molecule has 1 aromatic heterocycles. The number of ether oxygens (including phenoxy) is 1. The Morgan fingerprint density at radius 3 is 2.90 bits per heavy atom. The maximum atomic E-state index is 11.2. The van der Waals surface area contributed by atoms with Gasteiger partial charge in [0.05, 0.1) is 17.1 Å². The number of aromatic nitrogens is 2. The van der Waals surface area contributed by atoms with Crippen LogP contribution in [0.4, 0.5) is 17.3 Å². The summed E-state index contributed by atoms with van der Waals surface area (Å²) in [7, 11) is 0. The Bertz CT molecular complexity index is 476. The van der Waals surface area contributed by atoms with Crippen molar-refractivity contribution >= 4 is 17.3 Å². The van der Waals surface area contributed by atoms with E-state index in [1.54, 1.807) is 0 Å². The van der Waals surface area contributed by atoms with Crippen molar-refractivity contribution in [3.05, 3.63) is 16.4 Å². The highest BCUT2D eigenvalue weighted by Gasteiger charge is 2.27. The molecule has 1 saturated heterocycles. The van der Waals surface area contributed by atoms with Crippen LogP contribution in [0, 0.1) is 10.1 Å². The first-order valence-corrected chi connectivity index (χ1v) is 6.75. The fraction of sp³-hybridized carbons (Fsp3) is 0.667. The lowest BCUT2D eigenvalue weighted by atomic mass is 10.1. The van der Waals surface area contributed by atoms with Gasteiger partial charge in [-0.15, -0.1) is 0 Å². The molecular weight excluding hydrogens is 262 g/mol. The highest BCUT2D eigenvalue weighted by Crippen LogP contribution is 2.30. The molecule has 1 aromatic rings. The van der Waals surface area contributed by atoms with Gasteiger partial charge in [0.1, 0.15) is 6.33 Å². The van der Waals surface area contributed by atoms with E-state index in [4.69, 9.17) is 4.74 Å². The summed E-state index contributed by atoms with van der Waals surface area (Å²) in [5.41, 5.74) is -0.126. The van der Waals surface area contributed by atoms with Crippen LogP contribution in [-0.2, 0) is 4.74 Å². The number of hydrogen-bond acceptors (Lipinski definition) is 7. The lowest BCUT2D eigenvalue weighted by Gasteiger charge is -2.20. The van der Waals surface area contributed by atoms with Crippen molar-refractivity contribution in [2.75, 3.05) is 23.8 Å². The SMILES string of the molecule is CCNc1ncnc(NC(C)C2CCCO2)c1[N+](=O)[O-]. The first-order chi connectivity index (χ1) is 9.63. The van der Waals surface area contributed by atoms with Crippen LogP contribution in [0.25, 0.3) is 0 Å². The minimum Gasteiger partial charge on any atom is -0.376 e. The van der Waals surface area contributed by atoms with Gasteiger partial charge in [-0.2, -0.15) is 0 Å². The second-order valence-electron chi connectivity index (χ2n) is 4.69. The Labute approximate surface area is 117 Å². The summed E-state index contributed by atoms with van der Waals surface area (Å²) in [6, 6.07) is -0.0411. The van der Waals surface area contributed by atoms with Gasteiger partial charge in [0.15, 0.2) is 0 Å². The standard InChI is InChI=1S/C12H19N5O3/c1-3-13-11-10(17(18)19)12(15-7-14-11)16-8(2)9-5-4-6-20-9/h7-9H,3-6H2,1-2H3,(H2,13,14,15,16). The van der Waals surface area contributed by atoms with Crippen molar-refractivity contribution < 1.29 is 9.66 Å². The third kappa shape index (κ3) is 3.13. The van der Waals surface area contributed by atoms with Gasteiger partial charge in [-0.25, -0.2) is 9.97 Å². The van der Waals surface area contributed by atoms with E-state index in [1.807, 2.05) is 13.8 Å². The van der Waals surface area contributed by atoms with Crippen LogP contribution in [-0.4, -0.2) is 40.2 Å². The fourth-order valence-corrected chi connectivity index (χ4v) is 2.26. The zero-order valence-corrected chi connectivity index (χ0v) is 11.6. The van der Waals surface area contributed by atoms with Crippen LogP contribution < -0.4 is 10.6 Å². The van der Waals surface area contributed by atoms with Crippen LogP contribution in [0.2, 0.25) is 0 Å². The van der Waals surface area contributed by atoms with E-state index in [0.29, 0.717) is 6.54 Å². The van der Waals surface area contributed by atoms with E-state index >= 15 is 0 Å². The molecule has 0 radical (unpaired) electrons. The second kappa shape index (κ2) is 6.47. The zero-order chi connectivity index (χ0) is 14.5. The predicted octanol–water partition coefficient (Wildman–Crippen LogP) is 1.80. The van der Waals surface area contributed by atoms with Crippen molar-refractivity contribution in [2.24, 2.45) is 0 Å². The average molecular weight is 281 g/mol. The summed E-state index contributed by atoms with van der Waals surface area (Å²) in [5, 5.41) is 17.2. The summed E-state index contributed by atoms with van der Waals surface area (Å²) < 4.78 is 5.57. The molecule has 8 heteroatoms. The third-order valence-electron chi connectivity index (χ3n) is 3.24. The molecule has 0 aromatic carbocycles. The van der Waals surface area contributed by atoms with E-state index in [0.717, 1.165) is 19.4 Å². The lowest BCUT2D eigenvalue weighted by Crippen LogP contribution is -2.30. The highest BCUT2D eigenvalue weighted by molar-refractivity contribution is 5.69. The number of nitro groups is 1. The summed E-state index contributed by atoms with van der Waals surface area (Å²) in [5.74, 6) is 0.457. The molecule has 0 spiro atoms. The van der Waals surface area contributed by atoms with Gasteiger partial charge in [-0.05, 0) is 26.7 Å². The number of anilines is 2. The molecule has 0 bridgehead atoms. The van der Waals surface area contributed by atoms with Crippen LogP contribution >= 0.6 is 0 Å². The number of hydrogen-bond donors (Lipinski definition) is 2. The van der Waals surface area contributed by atoms with Gasteiger partial charge < -0.3 is 15.4 Å². The minimum atomic E-state index is -0.470. The summed E-state index contributed by atoms with van der Waals surface area (Å²) in [6.07, 6.45) is 3.35. The normalized spacial score (nSPS) is 19.6. The smallest absolute Gasteiger partial charge is 0.353 e. The van der Waals surface area contributed by atoms with Crippen LogP contribution in [0.1, 0.15) is 26.7 Å². The van der Waals surface area contributed by atoms with Crippen molar-refractivity contribution in [3.8, 4) is 0 Å². The van der Waals surface area contributed by atoms with Gasteiger partial charge in [0.25, 0.3) is 0 Å². The van der Waals surface area contributed by atoms with E-state index in [9.17, 15) is 10.1 Å². The van der Waals surface area contributed by atoms with Crippen molar-refractivity contribution in [2.45, 2.75) is 38.8 Å². The van der Waals surface area contributed by atoms with Crippen molar-refractivity contribution in [3.63, 3.8) is 0 Å². The number of nitrogens with one attached hydrogen (secondary N) is 2. The quantitative estimate of drug-likeness (QED) is 0.605. The first-order valence-electron chi connectivity index (χ1n) is 6.75. The summed E-state index contributed by atoms with van der Waals surface area (Å²) in [6.45, 7) is 5.09. The van der Waals surface area contributed by atoms with Crippen molar-refractivity contribution in [1.29, 1.82) is 0 Å². The monoisotopic (exact) mass is 281 g/mol. The molecule has 2 heterocycles. The molecule has 0 aliphatic carbocycles. The Morgan fingerprint density at radius 1 is 1.55 bits per heavy atom. The number of nitrogens with zero attached hydrogens (tertiary/aromatic N) is 3. The van der Waals surface area contributed by atoms with E-state index in [2.05, 4.69) is 20.6 Å². The molecule has 0 saturated carbocycles. The Morgan fingerprint density at radius 2 is 2.30 bits per heavy atom. The molecule has 2 atom stereocenters. The Kier molecular flexibility index (Phi) is 4.67. The van der Waals surface area contributed by atoms with Crippen molar-refractivity contribution in [1.82, 2.24) is 9.97 Å². The molecule has 8 nitrogen and oxygen atoms in total. The molecule has 20 heavy (non-hydrogen) atoms. The molecular formula is C12H19N5O3.